The maximum absolute atomic E-state index is 12.0. The molecule has 0 saturated carbocycles. The van der Waals surface area contributed by atoms with E-state index in [1.807, 2.05) is 66.7 Å². The highest BCUT2D eigenvalue weighted by Crippen LogP contribution is 2.25. The maximum Gasteiger partial charge on any atom is 0.267 e. The molecule has 8 nitrogen and oxygen atoms in total. The molecule has 0 fully saturated rings. The van der Waals surface area contributed by atoms with Gasteiger partial charge in [0, 0.05) is 42.9 Å². The summed E-state index contributed by atoms with van der Waals surface area (Å²) < 4.78 is 5.24. The molecule has 170 valence electrons. The van der Waals surface area contributed by atoms with Gasteiger partial charge in [-0.1, -0.05) is 54.6 Å². The van der Waals surface area contributed by atoms with Gasteiger partial charge in [0.05, 0.1) is 18.9 Å². The lowest BCUT2D eigenvalue weighted by Gasteiger charge is -2.10. The number of carbonyl (C=O) groups excluding carboxylic acids is 1. The standard InChI is InChI=1S/C19H21N5O3.C6H6/c1-27-12-14-11-22-19(23-15-5-3-2-4-6-15)24-17(14)13-9-16(21-10-13)18(26)20-7-8-25;1-2-4-6-5-3-1/h2-6,9-11,21,25H,7-8,12H2,1H3,(H,20,26)(H,22,23,24);1-6H. The number of amides is 1. The largest absolute Gasteiger partial charge is 0.395 e. The minimum atomic E-state index is -0.291. The summed E-state index contributed by atoms with van der Waals surface area (Å²) in [5.41, 5.74) is 3.48. The van der Waals surface area contributed by atoms with Crippen molar-refractivity contribution in [1.29, 1.82) is 0 Å². The molecule has 0 saturated heterocycles. The van der Waals surface area contributed by atoms with Gasteiger partial charge in [0.25, 0.3) is 5.91 Å². The third-order valence-corrected chi connectivity index (χ3v) is 4.46. The van der Waals surface area contributed by atoms with Crippen LogP contribution in [0.15, 0.2) is 85.2 Å². The van der Waals surface area contributed by atoms with Gasteiger partial charge in [-0.25, -0.2) is 9.97 Å². The Labute approximate surface area is 192 Å². The summed E-state index contributed by atoms with van der Waals surface area (Å²) in [6.45, 7) is 0.427. The first-order chi connectivity index (χ1) is 16.2. The fraction of sp³-hybridized carbons (Fsp3) is 0.160. The number of aromatic nitrogens is 3. The Morgan fingerprint density at radius 2 is 1.73 bits per heavy atom. The normalized spacial score (nSPS) is 10.1. The van der Waals surface area contributed by atoms with E-state index in [0.717, 1.165) is 16.8 Å². The smallest absolute Gasteiger partial charge is 0.267 e. The van der Waals surface area contributed by atoms with Crippen LogP contribution in [0.1, 0.15) is 16.1 Å². The number of nitrogens with one attached hydrogen (secondary N) is 3. The van der Waals surface area contributed by atoms with E-state index in [1.165, 1.54) is 0 Å². The zero-order valence-electron chi connectivity index (χ0n) is 18.4. The lowest BCUT2D eigenvalue weighted by atomic mass is 10.1. The summed E-state index contributed by atoms with van der Waals surface area (Å²) in [7, 11) is 1.60. The molecule has 0 unspecified atom stereocenters. The second-order valence-corrected chi connectivity index (χ2v) is 6.93. The third-order valence-electron chi connectivity index (χ3n) is 4.46. The zero-order valence-corrected chi connectivity index (χ0v) is 18.4. The van der Waals surface area contributed by atoms with E-state index in [2.05, 4.69) is 25.6 Å². The molecular formula is C25H27N5O3. The first-order valence-corrected chi connectivity index (χ1v) is 10.5. The summed E-state index contributed by atoms with van der Waals surface area (Å²) in [4.78, 5) is 23.9. The van der Waals surface area contributed by atoms with Gasteiger partial charge in [0.1, 0.15) is 5.69 Å². The quantitative estimate of drug-likeness (QED) is 0.328. The van der Waals surface area contributed by atoms with Crippen LogP contribution in [0.5, 0.6) is 0 Å². The molecule has 0 aliphatic carbocycles. The molecule has 0 radical (unpaired) electrons. The van der Waals surface area contributed by atoms with Crippen LogP contribution in [0.2, 0.25) is 0 Å². The van der Waals surface area contributed by atoms with Gasteiger partial charge in [-0.05, 0) is 18.2 Å². The van der Waals surface area contributed by atoms with Crippen molar-refractivity contribution < 1.29 is 14.6 Å². The highest BCUT2D eigenvalue weighted by Gasteiger charge is 2.14. The predicted molar refractivity (Wildman–Crippen MR) is 128 cm³/mol. The molecule has 0 spiro atoms. The SMILES string of the molecule is COCc1cnc(Nc2ccccc2)nc1-c1c[nH]c(C(=O)NCCO)c1.c1ccccc1. The number of aliphatic hydroxyl groups is 1. The number of anilines is 2. The summed E-state index contributed by atoms with van der Waals surface area (Å²) in [5.74, 6) is 0.156. The summed E-state index contributed by atoms with van der Waals surface area (Å²) in [6.07, 6.45) is 3.41. The van der Waals surface area contributed by atoms with Crippen LogP contribution in [-0.4, -0.2) is 46.2 Å². The van der Waals surface area contributed by atoms with E-state index in [1.54, 1.807) is 25.6 Å². The third kappa shape index (κ3) is 7.27. The number of methoxy groups -OCH3 is 1. The van der Waals surface area contributed by atoms with Crippen molar-refractivity contribution in [3.8, 4) is 11.3 Å². The van der Waals surface area contributed by atoms with Crippen molar-refractivity contribution in [3.63, 3.8) is 0 Å². The van der Waals surface area contributed by atoms with Crippen LogP contribution in [-0.2, 0) is 11.3 Å². The van der Waals surface area contributed by atoms with Crippen molar-refractivity contribution >= 4 is 17.5 Å². The van der Waals surface area contributed by atoms with Gasteiger partial charge in [-0.3, -0.25) is 4.79 Å². The average Bonchev–Trinajstić information content (AvgIpc) is 3.36. The number of aromatic amines is 1. The minimum absolute atomic E-state index is 0.113. The van der Waals surface area contributed by atoms with E-state index >= 15 is 0 Å². The van der Waals surface area contributed by atoms with Gasteiger partial charge in [0.15, 0.2) is 0 Å². The molecule has 0 aliphatic rings. The Kier molecular flexibility index (Phi) is 9.14. The topological polar surface area (TPSA) is 112 Å². The van der Waals surface area contributed by atoms with Crippen molar-refractivity contribution in [2.75, 3.05) is 25.6 Å². The minimum Gasteiger partial charge on any atom is -0.395 e. The molecule has 4 aromatic rings. The van der Waals surface area contributed by atoms with Crippen LogP contribution >= 0.6 is 0 Å². The van der Waals surface area contributed by atoms with Crippen molar-refractivity contribution in [3.05, 3.63) is 96.4 Å². The van der Waals surface area contributed by atoms with Crippen molar-refractivity contribution in [2.45, 2.75) is 6.61 Å². The van der Waals surface area contributed by atoms with Gasteiger partial charge in [-0.2, -0.15) is 0 Å². The molecule has 2 heterocycles. The number of benzene rings is 2. The monoisotopic (exact) mass is 445 g/mol. The molecule has 4 rings (SSSR count). The van der Waals surface area contributed by atoms with E-state index in [9.17, 15) is 4.79 Å². The number of nitrogens with zero attached hydrogens (tertiary/aromatic N) is 2. The van der Waals surface area contributed by atoms with Crippen LogP contribution in [0.25, 0.3) is 11.3 Å². The molecule has 2 aromatic heterocycles. The molecule has 4 N–H and O–H groups in total. The highest BCUT2D eigenvalue weighted by molar-refractivity contribution is 5.93. The number of hydrogen-bond donors (Lipinski definition) is 4. The molecule has 33 heavy (non-hydrogen) atoms. The Bertz CT molecular complexity index is 1090. The van der Waals surface area contributed by atoms with Crippen LogP contribution in [0.4, 0.5) is 11.6 Å². The van der Waals surface area contributed by atoms with Gasteiger partial charge in [-0.15, -0.1) is 0 Å². The molecule has 0 aliphatic heterocycles. The van der Waals surface area contributed by atoms with E-state index in [-0.39, 0.29) is 19.1 Å². The summed E-state index contributed by atoms with van der Waals surface area (Å²) >= 11 is 0. The Hall–Kier alpha value is -4.01. The lowest BCUT2D eigenvalue weighted by molar-refractivity contribution is 0.0940. The highest BCUT2D eigenvalue weighted by atomic mass is 16.5. The second-order valence-electron chi connectivity index (χ2n) is 6.93. The van der Waals surface area contributed by atoms with E-state index in [4.69, 9.17) is 9.84 Å². The van der Waals surface area contributed by atoms with Gasteiger partial charge < -0.3 is 25.5 Å². The van der Waals surface area contributed by atoms with E-state index < -0.39 is 0 Å². The number of rotatable bonds is 8. The van der Waals surface area contributed by atoms with Crippen molar-refractivity contribution in [2.24, 2.45) is 0 Å². The van der Waals surface area contributed by atoms with Crippen molar-refractivity contribution in [1.82, 2.24) is 20.3 Å². The summed E-state index contributed by atoms with van der Waals surface area (Å²) in [5, 5.41) is 14.6. The maximum atomic E-state index is 12.0. The number of ether oxygens (including phenoxy) is 1. The number of hydrogen-bond acceptors (Lipinski definition) is 6. The molecule has 1 amide bonds. The molecule has 0 bridgehead atoms. The molecule has 2 aromatic carbocycles. The average molecular weight is 446 g/mol. The number of aliphatic hydroxyl groups excluding tert-OH is 1. The number of para-hydroxylation sites is 1. The first-order valence-electron chi connectivity index (χ1n) is 10.5. The first kappa shape index (κ1) is 23.6. The van der Waals surface area contributed by atoms with Gasteiger partial charge in [0.2, 0.25) is 5.95 Å². The lowest BCUT2D eigenvalue weighted by Crippen LogP contribution is -2.26. The van der Waals surface area contributed by atoms with E-state index in [0.29, 0.717) is 23.9 Å². The molecule has 8 heteroatoms. The van der Waals surface area contributed by atoms with Crippen LogP contribution in [0, 0.1) is 0 Å². The number of H-pyrrole nitrogens is 1. The molecule has 0 atom stereocenters. The Morgan fingerprint density at radius 1 is 1.06 bits per heavy atom. The predicted octanol–water partition coefficient (Wildman–Crippen LogP) is 3.77. The Balaban J connectivity index is 0.000000442. The zero-order chi connectivity index (χ0) is 23.3. The summed E-state index contributed by atoms with van der Waals surface area (Å²) in [6, 6.07) is 23.3. The van der Waals surface area contributed by atoms with Crippen LogP contribution in [0.3, 0.4) is 0 Å². The fourth-order valence-corrected chi connectivity index (χ4v) is 2.94. The van der Waals surface area contributed by atoms with Gasteiger partial charge >= 0.3 is 0 Å². The Morgan fingerprint density at radius 3 is 2.36 bits per heavy atom. The fourth-order valence-electron chi connectivity index (χ4n) is 2.94. The molecular weight excluding hydrogens is 418 g/mol. The number of carbonyl (C=O) groups is 1. The van der Waals surface area contributed by atoms with Crippen LogP contribution < -0.4 is 10.6 Å². The second kappa shape index (κ2) is 12.7.